The van der Waals surface area contributed by atoms with Gasteiger partial charge in [0.1, 0.15) is 0 Å². The van der Waals surface area contributed by atoms with E-state index in [9.17, 15) is 24.8 Å². The molecular weight excluding hydrogens is 320 g/mol. The Bertz CT molecular complexity index is 801. The number of benzene rings is 2. The molecule has 0 spiro atoms. The highest BCUT2D eigenvalue weighted by molar-refractivity contribution is 7.94. The minimum absolute atomic E-state index is 0.00504. The molecule has 0 fully saturated rings. The minimum atomic E-state index is -1.59. The second kappa shape index (κ2) is 7.37. The lowest BCUT2D eigenvalue weighted by Crippen LogP contribution is -2.02. The van der Waals surface area contributed by atoms with Crippen LogP contribution in [0.4, 0.5) is 11.4 Å². The molecule has 8 heteroatoms. The highest BCUT2D eigenvalue weighted by Crippen LogP contribution is 2.29. The summed E-state index contributed by atoms with van der Waals surface area (Å²) in [6.45, 7) is 0. The Balaban J connectivity index is 2.32. The lowest BCUT2D eigenvalue weighted by atomic mass is 10.2. The summed E-state index contributed by atoms with van der Waals surface area (Å²) in [5.74, 6) is 0. The van der Waals surface area contributed by atoms with Crippen LogP contribution in [0, 0.1) is 20.2 Å². The number of hydrogen-bond acceptors (Lipinski definition) is 5. The molecule has 23 heavy (non-hydrogen) atoms. The molecule has 0 amide bonds. The summed E-state index contributed by atoms with van der Waals surface area (Å²) < 4.78 is 10.1. The summed E-state index contributed by atoms with van der Waals surface area (Å²) in [7, 11) is 0. The van der Waals surface area contributed by atoms with E-state index in [4.69, 9.17) is 0 Å². The van der Waals surface area contributed by atoms with Crippen LogP contribution in [0.3, 0.4) is 0 Å². The molecule has 0 aliphatic rings. The molecule has 0 radical (unpaired) electrons. The minimum Gasteiger partial charge on any atom is -0.258 e. The molecule has 2 aromatic carbocycles. The summed E-state index contributed by atoms with van der Waals surface area (Å²) in [4.78, 5) is 20.2. The van der Waals surface area contributed by atoms with Gasteiger partial charge in [0.05, 0.1) is 15.9 Å². The van der Waals surface area contributed by atoms with Gasteiger partial charge in [-0.05, 0) is 11.6 Å². The van der Waals surface area contributed by atoms with E-state index in [-0.39, 0.29) is 4.90 Å². The van der Waals surface area contributed by atoms with E-state index in [0.29, 0.717) is 0 Å². The molecular formula is C15H11N2O5S+. The third kappa shape index (κ3) is 4.27. The van der Waals surface area contributed by atoms with Gasteiger partial charge in [-0.15, -0.1) is 0 Å². The number of hydrogen-bond donors (Lipinski definition) is 1. The van der Waals surface area contributed by atoms with Gasteiger partial charge in [0.2, 0.25) is 16.6 Å². The molecule has 0 saturated carbocycles. The summed E-state index contributed by atoms with van der Waals surface area (Å²) in [5, 5.41) is 23.0. The fourth-order valence-corrected chi connectivity index (χ4v) is 2.63. The van der Waals surface area contributed by atoms with Crippen LogP contribution >= 0.6 is 0 Å². The van der Waals surface area contributed by atoms with Gasteiger partial charge in [0.15, 0.2) is 0 Å². The van der Waals surface area contributed by atoms with Crippen LogP contribution in [-0.2, 0) is 11.2 Å². The average molecular weight is 331 g/mol. The zero-order valence-electron chi connectivity index (χ0n) is 11.7. The summed E-state index contributed by atoms with van der Waals surface area (Å²) in [6, 6.07) is 12.3. The van der Waals surface area contributed by atoms with Gasteiger partial charge >= 0.3 is 5.69 Å². The van der Waals surface area contributed by atoms with Gasteiger partial charge in [-0.2, -0.15) is 4.55 Å². The van der Waals surface area contributed by atoms with E-state index in [2.05, 4.69) is 5.73 Å². The smallest absolute Gasteiger partial charge is 0.258 e. The van der Waals surface area contributed by atoms with Crippen LogP contribution in [0.1, 0.15) is 5.56 Å². The van der Waals surface area contributed by atoms with E-state index < -0.39 is 32.4 Å². The quantitative estimate of drug-likeness (QED) is 0.388. The Morgan fingerprint density at radius 3 is 2.35 bits per heavy atom. The zero-order valence-corrected chi connectivity index (χ0v) is 12.5. The second-order valence-corrected chi connectivity index (χ2v) is 5.62. The third-order valence-corrected chi connectivity index (χ3v) is 3.96. The molecule has 7 nitrogen and oxygen atoms in total. The van der Waals surface area contributed by atoms with E-state index in [1.165, 1.54) is 11.5 Å². The van der Waals surface area contributed by atoms with Crippen molar-refractivity contribution in [2.45, 2.75) is 4.90 Å². The van der Waals surface area contributed by atoms with E-state index in [1.807, 2.05) is 30.3 Å². The Morgan fingerprint density at radius 1 is 1.04 bits per heavy atom. The standard InChI is InChI=1S/C15H11N2O5S/c18-16(19)13-8-9-15(14(11-13)17(20)21)23(22)10-4-7-12-5-2-1-3-6-12/h1-3,5-11,22H/q+1. The first kappa shape index (κ1) is 16.4. The van der Waals surface area contributed by atoms with Crippen molar-refractivity contribution in [3.05, 3.63) is 85.5 Å². The Kier molecular flexibility index (Phi) is 5.27. The third-order valence-electron chi connectivity index (χ3n) is 2.80. The molecule has 0 aromatic heterocycles. The molecule has 1 unspecified atom stereocenters. The number of nitro groups is 2. The lowest BCUT2D eigenvalue weighted by Gasteiger charge is -1.96. The van der Waals surface area contributed by atoms with Crippen molar-refractivity contribution in [2.24, 2.45) is 0 Å². The molecule has 1 atom stereocenters. The number of non-ortho nitro benzene ring substituents is 1. The summed E-state index contributed by atoms with van der Waals surface area (Å²) >= 11 is -1.59. The van der Waals surface area contributed by atoms with Gasteiger partial charge in [-0.3, -0.25) is 20.2 Å². The lowest BCUT2D eigenvalue weighted by molar-refractivity contribution is -0.396. The SMILES string of the molecule is O=[N+]([O-])c1ccc([S+](O)C=C=Cc2ccccc2)c([N+](=O)[O-])c1. The topological polar surface area (TPSA) is 107 Å². The Morgan fingerprint density at radius 2 is 1.74 bits per heavy atom. The molecule has 116 valence electrons. The predicted molar refractivity (Wildman–Crippen MR) is 87.0 cm³/mol. The maximum absolute atomic E-state index is 11.0. The monoisotopic (exact) mass is 331 g/mol. The highest BCUT2D eigenvalue weighted by atomic mass is 32.2. The highest BCUT2D eigenvalue weighted by Gasteiger charge is 2.31. The molecule has 0 aliphatic heterocycles. The van der Waals surface area contributed by atoms with Crippen molar-refractivity contribution >= 4 is 28.6 Å². The Hall–Kier alpha value is -2.93. The molecule has 0 aliphatic carbocycles. The van der Waals surface area contributed by atoms with Crippen molar-refractivity contribution in [2.75, 3.05) is 0 Å². The van der Waals surface area contributed by atoms with E-state index in [0.717, 1.165) is 17.7 Å². The predicted octanol–water partition coefficient (Wildman–Crippen LogP) is 3.78. The molecule has 0 bridgehead atoms. The van der Waals surface area contributed by atoms with Crippen molar-refractivity contribution in [1.29, 1.82) is 0 Å². The van der Waals surface area contributed by atoms with Crippen molar-refractivity contribution < 1.29 is 14.4 Å². The largest absolute Gasteiger partial charge is 0.334 e. The zero-order chi connectivity index (χ0) is 16.8. The van der Waals surface area contributed by atoms with Gasteiger partial charge in [-0.25, -0.2) is 0 Å². The molecule has 0 heterocycles. The first-order chi connectivity index (χ1) is 11.0. The normalized spacial score (nSPS) is 11.2. The molecule has 0 saturated heterocycles. The first-order valence-electron chi connectivity index (χ1n) is 6.31. The van der Waals surface area contributed by atoms with Gasteiger partial charge in [-0.1, -0.05) is 36.1 Å². The van der Waals surface area contributed by atoms with Gasteiger partial charge in [0, 0.05) is 12.1 Å². The number of rotatable bonds is 5. The van der Waals surface area contributed by atoms with Crippen molar-refractivity contribution in [1.82, 2.24) is 0 Å². The Labute approximate surface area is 134 Å². The molecule has 1 N–H and O–H groups in total. The van der Waals surface area contributed by atoms with Crippen molar-refractivity contribution in [3.8, 4) is 0 Å². The van der Waals surface area contributed by atoms with Crippen molar-refractivity contribution in [3.63, 3.8) is 0 Å². The summed E-state index contributed by atoms with van der Waals surface area (Å²) in [6.07, 6.45) is 1.62. The van der Waals surface area contributed by atoms with Crippen LogP contribution in [0.15, 0.2) is 64.6 Å². The van der Waals surface area contributed by atoms with Gasteiger partial charge in [0.25, 0.3) is 10.6 Å². The maximum Gasteiger partial charge on any atom is 0.334 e. The molecule has 2 aromatic rings. The van der Waals surface area contributed by atoms with E-state index in [1.54, 1.807) is 6.08 Å². The van der Waals surface area contributed by atoms with Crippen LogP contribution in [0.2, 0.25) is 0 Å². The number of nitro benzene ring substituents is 2. The fourth-order valence-electron chi connectivity index (χ4n) is 1.75. The van der Waals surface area contributed by atoms with E-state index >= 15 is 0 Å². The second-order valence-electron chi connectivity index (χ2n) is 4.32. The first-order valence-corrected chi connectivity index (χ1v) is 7.56. The van der Waals surface area contributed by atoms with Crippen LogP contribution in [0.5, 0.6) is 0 Å². The summed E-state index contributed by atoms with van der Waals surface area (Å²) in [5.41, 5.74) is 2.72. The van der Waals surface area contributed by atoms with Crippen LogP contribution in [0.25, 0.3) is 6.08 Å². The van der Waals surface area contributed by atoms with Gasteiger partial charge < -0.3 is 0 Å². The number of nitrogens with zero attached hydrogens (tertiary/aromatic N) is 2. The maximum atomic E-state index is 11.0. The average Bonchev–Trinajstić information content (AvgIpc) is 2.55. The fraction of sp³-hybridized carbons (Fsp3) is 0. The van der Waals surface area contributed by atoms with Crippen LogP contribution in [-0.4, -0.2) is 14.4 Å². The molecule has 2 rings (SSSR count). The van der Waals surface area contributed by atoms with Crippen LogP contribution < -0.4 is 0 Å².